The summed E-state index contributed by atoms with van der Waals surface area (Å²) in [5, 5.41) is 8.49. The molecule has 0 spiro atoms. The maximum Gasteiger partial charge on any atom is 0.328 e. The molecule has 4 heteroatoms. The number of aliphatic carboxylic acids is 1. The number of ether oxygens (including phenoxy) is 1. The molecule has 0 atom stereocenters. The highest BCUT2D eigenvalue weighted by Gasteiger charge is 2.02. The van der Waals surface area contributed by atoms with E-state index >= 15 is 0 Å². The third-order valence-corrected chi connectivity index (χ3v) is 2.59. The van der Waals surface area contributed by atoms with E-state index in [0.29, 0.717) is 6.54 Å². The third kappa shape index (κ3) is 4.59. The maximum absolute atomic E-state index is 10.3. The third-order valence-electron chi connectivity index (χ3n) is 2.59. The van der Waals surface area contributed by atoms with Gasteiger partial charge in [-0.3, -0.25) is 4.90 Å². The van der Waals surface area contributed by atoms with E-state index < -0.39 is 5.97 Å². The van der Waals surface area contributed by atoms with Crippen LogP contribution >= 0.6 is 0 Å². The first-order valence-electron chi connectivity index (χ1n) is 5.74. The van der Waals surface area contributed by atoms with Crippen molar-refractivity contribution in [2.45, 2.75) is 13.5 Å². The average Bonchev–Trinajstić information content (AvgIpc) is 2.28. The molecule has 0 radical (unpaired) electrons. The van der Waals surface area contributed by atoms with Gasteiger partial charge in [-0.15, -0.1) is 0 Å². The van der Waals surface area contributed by atoms with E-state index in [2.05, 4.69) is 6.07 Å². The number of hydrogen-bond donors (Lipinski definition) is 1. The smallest absolute Gasteiger partial charge is 0.328 e. The quantitative estimate of drug-likeness (QED) is 0.784. The molecule has 0 unspecified atom stereocenters. The Labute approximate surface area is 107 Å². The van der Waals surface area contributed by atoms with Crippen LogP contribution < -0.4 is 4.74 Å². The first-order valence-corrected chi connectivity index (χ1v) is 5.74. The number of likely N-dealkylation sites (N-methyl/N-ethyl adjacent to an activating group) is 1. The van der Waals surface area contributed by atoms with Crippen molar-refractivity contribution < 1.29 is 14.6 Å². The summed E-state index contributed by atoms with van der Waals surface area (Å²) >= 11 is 0. The zero-order chi connectivity index (χ0) is 13.5. The fourth-order valence-electron chi connectivity index (χ4n) is 1.75. The van der Waals surface area contributed by atoms with E-state index in [-0.39, 0.29) is 0 Å². The number of hydrogen-bond acceptors (Lipinski definition) is 3. The van der Waals surface area contributed by atoms with Gasteiger partial charge in [-0.1, -0.05) is 18.2 Å². The lowest BCUT2D eigenvalue weighted by Crippen LogP contribution is -2.17. The second-order valence-corrected chi connectivity index (χ2v) is 4.24. The van der Waals surface area contributed by atoms with Crippen LogP contribution in [0.15, 0.2) is 30.4 Å². The summed E-state index contributed by atoms with van der Waals surface area (Å²) < 4.78 is 5.21. The molecule has 1 aromatic carbocycles. The normalized spacial score (nSPS) is 11.1. The standard InChI is InChI=1S/C14H19NO3/c1-11-9-12(6-7-13(11)18-3)10-15(2)8-4-5-14(16)17/h4-7,9H,8,10H2,1-3H3,(H,16,17)/b5-4+. The van der Waals surface area contributed by atoms with E-state index in [4.69, 9.17) is 9.84 Å². The van der Waals surface area contributed by atoms with Crippen molar-refractivity contribution in [3.8, 4) is 5.75 Å². The fourth-order valence-corrected chi connectivity index (χ4v) is 1.75. The molecule has 0 aliphatic rings. The molecule has 98 valence electrons. The van der Waals surface area contributed by atoms with Crippen LogP contribution in [-0.2, 0) is 11.3 Å². The molecule has 0 amide bonds. The molecule has 18 heavy (non-hydrogen) atoms. The number of benzene rings is 1. The van der Waals surface area contributed by atoms with Crippen molar-refractivity contribution in [1.82, 2.24) is 4.90 Å². The largest absolute Gasteiger partial charge is 0.496 e. The zero-order valence-electron chi connectivity index (χ0n) is 11.0. The molecule has 0 aliphatic heterocycles. The van der Waals surface area contributed by atoms with Gasteiger partial charge in [0.25, 0.3) is 0 Å². The van der Waals surface area contributed by atoms with Crippen molar-refractivity contribution in [2.75, 3.05) is 20.7 Å². The highest BCUT2D eigenvalue weighted by atomic mass is 16.5. The summed E-state index contributed by atoms with van der Waals surface area (Å²) in [6.45, 7) is 3.39. The van der Waals surface area contributed by atoms with Crippen molar-refractivity contribution in [2.24, 2.45) is 0 Å². The predicted octanol–water partition coefficient (Wildman–Crippen LogP) is 2.08. The SMILES string of the molecule is COc1ccc(CN(C)C/C=C/C(=O)O)cc1C. The number of aryl methyl sites for hydroxylation is 1. The van der Waals surface area contributed by atoms with Gasteiger partial charge in [0.05, 0.1) is 7.11 Å². The molecular weight excluding hydrogens is 230 g/mol. The van der Waals surface area contributed by atoms with E-state index in [9.17, 15) is 4.79 Å². The average molecular weight is 249 g/mol. The van der Waals surface area contributed by atoms with Gasteiger partial charge in [-0.25, -0.2) is 4.79 Å². The van der Waals surface area contributed by atoms with Gasteiger partial charge >= 0.3 is 5.97 Å². The molecule has 1 aromatic rings. The number of rotatable bonds is 6. The molecule has 0 aromatic heterocycles. The predicted molar refractivity (Wildman–Crippen MR) is 70.8 cm³/mol. The Morgan fingerprint density at radius 3 is 2.78 bits per heavy atom. The summed E-state index contributed by atoms with van der Waals surface area (Å²) in [6, 6.07) is 6.05. The molecule has 4 nitrogen and oxygen atoms in total. The number of methoxy groups -OCH3 is 1. The Kier molecular flexibility index (Phi) is 5.39. The Morgan fingerprint density at radius 1 is 1.50 bits per heavy atom. The first kappa shape index (κ1) is 14.3. The topological polar surface area (TPSA) is 49.8 Å². The van der Waals surface area contributed by atoms with Crippen LogP contribution in [0, 0.1) is 6.92 Å². The van der Waals surface area contributed by atoms with E-state index in [0.717, 1.165) is 23.9 Å². The lowest BCUT2D eigenvalue weighted by atomic mass is 10.1. The Morgan fingerprint density at radius 2 is 2.22 bits per heavy atom. The minimum Gasteiger partial charge on any atom is -0.496 e. The Balaban J connectivity index is 2.56. The number of carboxylic acid groups (broad SMARTS) is 1. The summed E-state index contributed by atoms with van der Waals surface area (Å²) in [6.07, 6.45) is 2.80. The van der Waals surface area contributed by atoms with Crippen LogP contribution in [0.4, 0.5) is 0 Å². The zero-order valence-corrected chi connectivity index (χ0v) is 11.0. The summed E-state index contributed by atoms with van der Waals surface area (Å²) in [5.74, 6) is -0.0316. The van der Waals surface area contributed by atoms with Gasteiger partial charge < -0.3 is 9.84 Å². The molecule has 0 saturated carbocycles. The summed E-state index contributed by atoms with van der Waals surface area (Å²) in [5.41, 5.74) is 2.28. The van der Waals surface area contributed by atoms with Gasteiger partial charge in [-0.2, -0.15) is 0 Å². The maximum atomic E-state index is 10.3. The van der Waals surface area contributed by atoms with Gasteiger partial charge in [0.2, 0.25) is 0 Å². The highest BCUT2D eigenvalue weighted by Crippen LogP contribution is 2.19. The molecule has 0 fully saturated rings. The molecule has 1 rings (SSSR count). The van der Waals surface area contributed by atoms with Crippen molar-refractivity contribution in [1.29, 1.82) is 0 Å². The number of carboxylic acids is 1. The molecule has 0 saturated heterocycles. The molecule has 1 N–H and O–H groups in total. The monoisotopic (exact) mass is 249 g/mol. The summed E-state index contributed by atoms with van der Waals surface area (Å²) in [4.78, 5) is 12.4. The number of nitrogens with zero attached hydrogens (tertiary/aromatic N) is 1. The Hall–Kier alpha value is -1.81. The lowest BCUT2D eigenvalue weighted by Gasteiger charge is -2.15. The van der Waals surface area contributed by atoms with Gasteiger partial charge in [0, 0.05) is 19.2 Å². The van der Waals surface area contributed by atoms with Crippen molar-refractivity contribution in [3.05, 3.63) is 41.5 Å². The van der Waals surface area contributed by atoms with Crippen LogP contribution in [0.3, 0.4) is 0 Å². The van der Waals surface area contributed by atoms with E-state index in [1.165, 1.54) is 5.56 Å². The molecular formula is C14H19NO3. The van der Waals surface area contributed by atoms with Crippen LogP contribution in [0.2, 0.25) is 0 Å². The molecule has 0 bridgehead atoms. The fraction of sp³-hybridized carbons (Fsp3) is 0.357. The summed E-state index contributed by atoms with van der Waals surface area (Å²) in [7, 11) is 3.61. The van der Waals surface area contributed by atoms with E-state index in [1.54, 1.807) is 13.2 Å². The first-order chi connectivity index (χ1) is 8.52. The van der Waals surface area contributed by atoms with Gasteiger partial charge in [0.15, 0.2) is 0 Å². The van der Waals surface area contributed by atoms with Gasteiger partial charge in [-0.05, 0) is 31.2 Å². The molecule has 0 heterocycles. The Bertz CT molecular complexity index is 441. The minimum absolute atomic E-state index is 0.609. The van der Waals surface area contributed by atoms with Crippen LogP contribution in [0.25, 0.3) is 0 Å². The lowest BCUT2D eigenvalue weighted by molar-refractivity contribution is -0.131. The van der Waals surface area contributed by atoms with Crippen LogP contribution in [-0.4, -0.2) is 36.7 Å². The number of carbonyl (C=O) groups is 1. The second kappa shape index (κ2) is 6.81. The second-order valence-electron chi connectivity index (χ2n) is 4.24. The minimum atomic E-state index is -0.913. The van der Waals surface area contributed by atoms with Crippen molar-refractivity contribution >= 4 is 5.97 Å². The van der Waals surface area contributed by atoms with Crippen LogP contribution in [0.1, 0.15) is 11.1 Å². The van der Waals surface area contributed by atoms with Gasteiger partial charge in [0.1, 0.15) is 5.75 Å². The molecule has 0 aliphatic carbocycles. The van der Waals surface area contributed by atoms with Crippen molar-refractivity contribution in [3.63, 3.8) is 0 Å². The van der Waals surface area contributed by atoms with E-state index in [1.807, 2.05) is 31.0 Å². The van der Waals surface area contributed by atoms with Crippen LogP contribution in [0.5, 0.6) is 5.75 Å². The highest BCUT2D eigenvalue weighted by molar-refractivity contribution is 5.79.